The molecule has 6 heteroatoms. The number of ether oxygens (including phenoxy) is 3. The van der Waals surface area contributed by atoms with Crippen LogP contribution in [0.3, 0.4) is 0 Å². The minimum Gasteiger partial charge on any atom is -0.462 e. The van der Waals surface area contributed by atoms with Gasteiger partial charge >= 0.3 is 17.9 Å². The van der Waals surface area contributed by atoms with Gasteiger partial charge in [0.1, 0.15) is 13.2 Å². The third kappa shape index (κ3) is 29.7. The van der Waals surface area contributed by atoms with Gasteiger partial charge in [-0.1, -0.05) is 143 Å². The molecule has 41 heavy (non-hydrogen) atoms. The number of rotatable bonds is 30. The van der Waals surface area contributed by atoms with Crippen LogP contribution in [0.25, 0.3) is 0 Å². The lowest BCUT2D eigenvalue weighted by molar-refractivity contribution is -0.167. The summed E-state index contributed by atoms with van der Waals surface area (Å²) in [7, 11) is 0. The van der Waals surface area contributed by atoms with Gasteiger partial charge in [0.25, 0.3) is 0 Å². The molecule has 0 aromatic heterocycles. The Morgan fingerprint density at radius 3 is 1.20 bits per heavy atom. The van der Waals surface area contributed by atoms with Crippen LogP contribution < -0.4 is 0 Å². The van der Waals surface area contributed by atoms with Crippen LogP contribution in [-0.2, 0) is 28.6 Å². The summed E-state index contributed by atoms with van der Waals surface area (Å²) in [6, 6.07) is 0. The highest BCUT2D eigenvalue weighted by atomic mass is 16.6. The van der Waals surface area contributed by atoms with Crippen molar-refractivity contribution in [1.82, 2.24) is 0 Å². The van der Waals surface area contributed by atoms with Crippen LogP contribution in [0, 0.1) is 5.92 Å². The van der Waals surface area contributed by atoms with E-state index < -0.39 is 6.10 Å². The van der Waals surface area contributed by atoms with E-state index in [4.69, 9.17) is 14.2 Å². The molecule has 0 radical (unpaired) electrons. The number of carbonyl (C=O) groups excluding carboxylic acids is 3. The van der Waals surface area contributed by atoms with Crippen molar-refractivity contribution in [1.29, 1.82) is 0 Å². The van der Waals surface area contributed by atoms with E-state index in [1.54, 1.807) is 0 Å². The van der Waals surface area contributed by atoms with Gasteiger partial charge in [-0.15, -0.1) is 0 Å². The number of unbranched alkanes of at least 4 members (excludes halogenated alkanes) is 17. The molecular weight excluding hydrogens is 516 g/mol. The molecule has 0 spiro atoms. The largest absolute Gasteiger partial charge is 0.462 e. The van der Waals surface area contributed by atoms with Crippen LogP contribution in [0.15, 0.2) is 0 Å². The Labute approximate surface area is 253 Å². The summed E-state index contributed by atoms with van der Waals surface area (Å²) in [5, 5.41) is 0. The Morgan fingerprint density at radius 2 is 0.805 bits per heavy atom. The van der Waals surface area contributed by atoms with Gasteiger partial charge in [0.2, 0.25) is 0 Å². The molecule has 0 aliphatic carbocycles. The van der Waals surface area contributed by atoms with E-state index in [-0.39, 0.29) is 31.1 Å². The lowest BCUT2D eigenvalue weighted by Gasteiger charge is -2.18. The molecule has 0 fully saturated rings. The summed E-state index contributed by atoms with van der Waals surface area (Å²) in [6.45, 7) is 8.78. The molecule has 242 valence electrons. The molecule has 0 aromatic carbocycles. The first-order valence-corrected chi connectivity index (χ1v) is 17.4. The normalized spacial score (nSPS) is 11.9. The molecule has 0 rings (SSSR count). The highest BCUT2D eigenvalue weighted by Gasteiger charge is 2.19. The van der Waals surface area contributed by atoms with E-state index in [9.17, 15) is 14.4 Å². The zero-order chi connectivity index (χ0) is 30.4. The minimum absolute atomic E-state index is 0.0680. The fraction of sp³-hybridized carbons (Fsp3) is 0.914. The second kappa shape index (κ2) is 29.9. The van der Waals surface area contributed by atoms with Crippen LogP contribution in [0.5, 0.6) is 0 Å². The van der Waals surface area contributed by atoms with Crippen molar-refractivity contribution in [3.05, 3.63) is 0 Å². The predicted octanol–water partition coefficient (Wildman–Crippen LogP) is 10.0. The number of hydrogen-bond acceptors (Lipinski definition) is 6. The Kier molecular flexibility index (Phi) is 28.7. The Hall–Kier alpha value is -1.59. The minimum atomic E-state index is -0.754. The lowest BCUT2D eigenvalue weighted by atomic mass is 10.0. The van der Waals surface area contributed by atoms with Crippen molar-refractivity contribution < 1.29 is 28.6 Å². The maximum Gasteiger partial charge on any atom is 0.306 e. The van der Waals surface area contributed by atoms with Gasteiger partial charge in [-0.25, -0.2) is 0 Å². The van der Waals surface area contributed by atoms with Crippen LogP contribution in [0.4, 0.5) is 0 Å². The number of carbonyl (C=O) groups is 3. The molecule has 0 aliphatic heterocycles. The van der Waals surface area contributed by atoms with Gasteiger partial charge in [-0.2, -0.15) is 0 Å². The summed E-state index contributed by atoms with van der Waals surface area (Å²) in [4.78, 5) is 36.9. The highest BCUT2D eigenvalue weighted by molar-refractivity contribution is 5.71. The van der Waals surface area contributed by atoms with Gasteiger partial charge < -0.3 is 14.2 Å². The first-order valence-electron chi connectivity index (χ1n) is 17.4. The number of esters is 3. The van der Waals surface area contributed by atoms with Crippen molar-refractivity contribution in [2.24, 2.45) is 5.92 Å². The second-order valence-electron chi connectivity index (χ2n) is 12.3. The quantitative estimate of drug-likeness (QED) is 0.0476. The number of hydrogen-bond donors (Lipinski definition) is 0. The summed E-state index contributed by atoms with van der Waals surface area (Å²) in [5.74, 6) is -0.0962. The Balaban J connectivity index is 4.26. The van der Waals surface area contributed by atoms with Gasteiger partial charge in [0.15, 0.2) is 6.10 Å². The maximum absolute atomic E-state index is 12.4. The summed E-state index contributed by atoms with van der Waals surface area (Å²) in [6.07, 6.45) is 24.2. The molecule has 1 atom stereocenters. The fourth-order valence-corrected chi connectivity index (χ4v) is 4.86. The van der Waals surface area contributed by atoms with Crippen LogP contribution in [0.1, 0.15) is 182 Å². The third-order valence-corrected chi connectivity index (χ3v) is 7.54. The topological polar surface area (TPSA) is 78.9 Å². The van der Waals surface area contributed by atoms with Crippen molar-refractivity contribution in [2.75, 3.05) is 13.2 Å². The molecule has 0 saturated carbocycles. The smallest absolute Gasteiger partial charge is 0.306 e. The summed E-state index contributed by atoms with van der Waals surface area (Å²) >= 11 is 0. The van der Waals surface area contributed by atoms with E-state index in [0.29, 0.717) is 19.3 Å². The van der Waals surface area contributed by atoms with Gasteiger partial charge in [-0.3, -0.25) is 14.4 Å². The summed E-state index contributed by atoms with van der Waals surface area (Å²) in [5.41, 5.74) is 0. The van der Waals surface area contributed by atoms with Crippen LogP contribution in [-0.4, -0.2) is 37.2 Å². The average Bonchev–Trinajstić information content (AvgIpc) is 2.94. The van der Waals surface area contributed by atoms with E-state index >= 15 is 0 Å². The predicted molar refractivity (Wildman–Crippen MR) is 169 cm³/mol. The standard InChI is InChI=1S/C35H66O6/c1-5-7-9-11-14-19-22-26-33(36)39-29-32(41-35(38)28-24-17-10-8-6-2)30-40-34(37)27-23-20-16-13-12-15-18-21-25-31(3)4/h31-32H,5-30H2,1-4H3/t32-/m1/s1. The zero-order valence-corrected chi connectivity index (χ0v) is 27.5. The zero-order valence-electron chi connectivity index (χ0n) is 27.5. The van der Waals surface area contributed by atoms with Crippen molar-refractivity contribution >= 4 is 17.9 Å². The average molecular weight is 583 g/mol. The van der Waals surface area contributed by atoms with Crippen molar-refractivity contribution in [3.63, 3.8) is 0 Å². The molecule has 0 N–H and O–H groups in total. The third-order valence-electron chi connectivity index (χ3n) is 7.54. The second-order valence-corrected chi connectivity index (χ2v) is 12.3. The van der Waals surface area contributed by atoms with Crippen LogP contribution >= 0.6 is 0 Å². The van der Waals surface area contributed by atoms with E-state index in [2.05, 4.69) is 27.7 Å². The van der Waals surface area contributed by atoms with Gasteiger partial charge in [0.05, 0.1) is 0 Å². The SMILES string of the molecule is CCCCCCCCCC(=O)OC[C@H](COC(=O)CCCCCCCCCCC(C)C)OC(=O)CCCCCCC. The molecule has 0 bridgehead atoms. The first-order chi connectivity index (χ1) is 19.9. The Bertz CT molecular complexity index is 618. The molecule has 0 unspecified atom stereocenters. The fourth-order valence-electron chi connectivity index (χ4n) is 4.86. The lowest BCUT2D eigenvalue weighted by Crippen LogP contribution is -2.30. The molecule has 0 aliphatic rings. The molecule has 0 amide bonds. The first kappa shape index (κ1) is 39.4. The highest BCUT2D eigenvalue weighted by Crippen LogP contribution is 2.14. The van der Waals surface area contributed by atoms with E-state index in [1.807, 2.05) is 0 Å². The maximum atomic E-state index is 12.4. The van der Waals surface area contributed by atoms with E-state index in [1.165, 1.54) is 70.6 Å². The Morgan fingerprint density at radius 1 is 0.463 bits per heavy atom. The van der Waals surface area contributed by atoms with Crippen molar-refractivity contribution in [3.8, 4) is 0 Å². The molecule has 0 heterocycles. The molecule has 0 saturated heterocycles. The molecule has 6 nitrogen and oxygen atoms in total. The monoisotopic (exact) mass is 582 g/mol. The van der Waals surface area contributed by atoms with Crippen molar-refractivity contribution in [2.45, 2.75) is 188 Å². The molecular formula is C35H66O6. The summed E-state index contributed by atoms with van der Waals surface area (Å²) < 4.78 is 16.4. The molecule has 0 aromatic rings. The van der Waals surface area contributed by atoms with Gasteiger partial charge in [-0.05, 0) is 25.2 Å². The van der Waals surface area contributed by atoms with E-state index in [0.717, 1.165) is 70.1 Å². The van der Waals surface area contributed by atoms with Crippen LogP contribution in [0.2, 0.25) is 0 Å². The van der Waals surface area contributed by atoms with Gasteiger partial charge in [0, 0.05) is 19.3 Å².